The van der Waals surface area contributed by atoms with Gasteiger partial charge in [0.15, 0.2) is 0 Å². The van der Waals surface area contributed by atoms with Crippen LogP contribution >= 0.6 is 0 Å². The minimum atomic E-state index is -5.42. The lowest BCUT2D eigenvalue weighted by Crippen LogP contribution is -2.44. The molecule has 2 N–H and O–H groups in total. The molecule has 0 saturated heterocycles. The molecule has 0 aliphatic carbocycles. The zero-order valence-corrected chi connectivity index (χ0v) is 9.07. The smallest absolute Gasteiger partial charge is 0.361 e. The van der Waals surface area contributed by atoms with E-state index in [9.17, 15) is 26.3 Å². The lowest BCUT2D eigenvalue weighted by Gasteiger charge is -2.23. The number of hydrogen-bond acceptors (Lipinski definition) is 2. The molecule has 0 spiro atoms. The molecule has 8 heteroatoms. The highest BCUT2D eigenvalue weighted by atomic mass is 19.4. The molecule has 0 bridgehead atoms. The van der Waals surface area contributed by atoms with E-state index < -0.39 is 25.1 Å². The van der Waals surface area contributed by atoms with Gasteiger partial charge in [0, 0.05) is 6.61 Å². The Morgan fingerprint density at radius 1 is 0.824 bits per heavy atom. The van der Waals surface area contributed by atoms with E-state index >= 15 is 0 Å². The summed E-state index contributed by atoms with van der Waals surface area (Å²) in [4.78, 5) is 0. The first-order valence-corrected chi connectivity index (χ1v) is 5.14. The summed E-state index contributed by atoms with van der Waals surface area (Å²) in [5.74, 6) is 0. The van der Waals surface area contributed by atoms with E-state index in [1.807, 2.05) is 0 Å². The van der Waals surface area contributed by atoms with E-state index in [2.05, 4.69) is 4.74 Å². The lowest BCUT2D eigenvalue weighted by molar-refractivity contribution is -0.321. The molecule has 0 heterocycles. The quantitative estimate of drug-likeness (QED) is 0.568. The summed E-state index contributed by atoms with van der Waals surface area (Å²) in [6.45, 7) is -0.108. The van der Waals surface area contributed by atoms with Crippen LogP contribution in [0.5, 0.6) is 0 Å². The lowest BCUT2D eigenvalue weighted by atomic mass is 10.2. The maximum absolute atomic E-state index is 12.0. The third kappa shape index (κ3) is 7.43. The van der Waals surface area contributed by atoms with E-state index in [0.717, 1.165) is 0 Å². The number of halogens is 6. The van der Waals surface area contributed by atoms with Gasteiger partial charge in [-0.05, 0) is 19.4 Å². The van der Waals surface area contributed by atoms with Gasteiger partial charge in [0.2, 0.25) is 6.10 Å². The Morgan fingerprint density at radius 3 is 1.71 bits per heavy atom. The molecule has 0 rings (SSSR count). The van der Waals surface area contributed by atoms with Crippen molar-refractivity contribution in [2.24, 2.45) is 5.73 Å². The molecule has 0 aliphatic heterocycles. The third-order valence-corrected chi connectivity index (χ3v) is 1.98. The fourth-order valence-corrected chi connectivity index (χ4v) is 1.18. The monoisotopic (exact) mass is 267 g/mol. The first-order valence-electron chi connectivity index (χ1n) is 5.14. The SMILES string of the molecule is NCCCCCCOC(C(F)(F)F)C(F)(F)F. The van der Waals surface area contributed by atoms with Crippen LogP contribution in [0.2, 0.25) is 0 Å². The molecular formula is C9H15F6NO. The highest BCUT2D eigenvalue weighted by Crippen LogP contribution is 2.35. The summed E-state index contributed by atoms with van der Waals surface area (Å²) < 4.78 is 75.8. The molecule has 0 fully saturated rings. The molecule has 17 heavy (non-hydrogen) atoms. The van der Waals surface area contributed by atoms with E-state index in [4.69, 9.17) is 5.73 Å². The molecule has 0 aliphatic rings. The second-order valence-corrected chi connectivity index (χ2v) is 3.54. The summed E-state index contributed by atoms with van der Waals surface area (Å²) in [7, 11) is 0. The molecule has 0 atom stereocenters. The Balaban J connectivity index is 3.95. The van der Waals surface area contributed by atoms with Crippen molar-refractivity contribution in [3.05, 3.63) is 0 Å². The molecule has 104 valence electrons. The highest BCUT2D eigenvalue weighted by molar-refractivity contribution is 4.75. The number of nitrogens with two attached hydrogens (primary N) is 1. The summed E-state index contributed by atoms with van der Waals surface area (Å²) in [5.41, 5.74) is 5.18. The molecule has 0 aromatic carbocycles. The Kier molecular flexibility index (Phi) is 6.84. The number of ether oxygens (including phenoxy) is 1. The van der Waals surface area contributed by atoms with Gasteiger partial charge in [-0.2, -0.15) is 26.3 Å². The van der Waals surface area contributed by atoms with Crippen molar-refractivity contribution >= 4 is 0 Å². The van der Waals surface area contributed by atoms with Crippen molar-refractivity contribution in [3.63, 3.8) is 0 Å². The second-order valence-electron chi connectivity index (χ2n) is 3.54. The average molecular weight is 267 g/mol. The van der Waals surface area contributed by atoms with Gasteiger partial charge >= 0.3 is 12.4 Å². The van der Waals surface area contributed by atoms with E-state index in [0.29, 0.717) is 25.8 Å². The van der Waals surface area contributed by atoms with Crippen LogP contribution < -0.4 is 5.73 Å². The predicted octanol–water partition coefficient (Wildman–Crippen LogP) is 3.02. The van der Waals surface area contributed by atoms with Crippen molar-refractivity contribution in [1.82, 2.24) is 0 Å². The first kappa shape index (κ1) is 16.5. The van der Waals surface area contributed by atoms with Gasteiger partial charge in [-0.15, -0.1) is 0 Å². The fourth-order valence-electron chi connectivity index (χ4n) is 1.18. The number of rotatable bonds is 7. The normalized spacial score (nSPS) is 13.4. The van der Waals surface area contributed by atoms with Gasteiger partial charge in [0.25, 0.3) is 0 Å². The third-order valence-electron chi connectivity index (χ3n) is 1.98. The van der Waals surface area contributed by atoms with Crippen LogP contribution in [0.3, 0.4) is 0 Å². The average Bonchev–Trinajstić information content (AvgIpc) is 2.12. The van der Waals surface area contributed by atoms with Crippen LogP contribution in [0.25, 0.3) is 0 Å². The van der Waals surface area contributed by atoms with Gasteiger partial charge in [-0.1, -0.05) is 12.8 Å². The Hall–Kier alpha value is -0.500. The molecule has 0 amide bonds. The van der Waals surface area contributed by atoms with Crippen molar-refractivity contribution in [2.75, 3.05) is 13.2 Å². The van der Waals surface area contributed by atoms with Gasteiger partial charge in [0.1, 0.15) is 0 Å². The van der Waals surface area contributed by atoms with Crippen LogP contribution in [-0.2, 0) is 4.74 Å². The molecule has 2 nitrogen and oxygen atoms in total. The molecular weight excluding hydrogens is 252 g/mol. The first-order chi connectivity index (χ1) is 7.69. The zero-order valence-electron chi connectivity index (χ0n) is 9.07. The maximum Gasteiger partial charge on any atom is 0.423 e. The van der Waals surface area contributed by atoms with Crippen LogP contribution in [0.1, 0.15) is 25.7 Å². The van der Waals surface area contributed by atoms with Crippen molar-refractivity contribution in [1.29, 1.82) is 0 Å². The highest BCUT2D eigenvalue weighted by Gasteiger charge is 2.57. The fraction of sp³-hybridized carbons (Fsp3) is 1.00. The molecule has 0 radical (unpaired) electrons. The predicted molar refractivity (Wildman–Crippen MR) is 49.4 cm³/mol. The Labute approximate surface area is 95.1 Å². The summed E-state index contributed by atoms with van der Waals surface area (Å²) in [6.07, 6.45) is -12.5. The van der Waals surface area contributed by atoms with Gasteiger partial charge in [-0.25, -0.2) is 0 Å². The van der Waals surface area contributed by atoms with Crippen LogP contribution in [0, 0.1) is 0 Å². The van der Waals surface area contributed by atoms with Crippen molar-refractivity contribution in [2.45, 2.75) is 44.1 Å². The van der Waals surface area contributed by atoms with Gasteiger partial charge in [0.05, 0.1) is 0 Å². The van der Waals surface area contributed by atoms with Crippen LogP contribution in [0.4, 0.5) is 26.3 Å². The van der Waals surface area contributed by atoms with Crippen LogP contribution in [0.15, 0.2) is 0 Å². The topological polar surface area (TPSA) is 35.2 Å². The van der Waals surface area contributed by atoms with Crippen molar-refractivity contribution < 1.29 is 31.1 Å². The summed E-state index contributed by atoms with van der Waals surface area (Å²) in [5, 5.41) is 0. The Morgan fingerprint density at radius 2 is 1.29 bits per heavy atom. The largest absolute Gasteiger partial charge is 0.423 e. The number of hydrogen-bond donors (Lipinski definition) is 1. The van der Waals surface area contributed by atoms with E-state index in [1.54, 1.807) is 0 Å². The minimum absolute atomic E-state index is 0.155. The standard InChI is InChI=1S/C9H15F6NO/c10-8(11,12)7(9(13,14)15)17-6-4-2-1-3-5-16/h7H,1-6,16H2. The van der Waals surface area contributed by atoms with Crippen LogP contribution in [-0.4, -0.2) is 31.6 Å². The summed E-state index contributed by atoms with van der Waals surface area (Å²) >= 11 is 0. The van der Waals surface area contributed by atoms with Gasteiger partial charge in [-0.3, -0.25) is 0 Å². The maximum atomic E-state index is 12.0. The Bertz CT molecular complexity index is 189. The zero-order chi connectivity index (χ0) is 13.5. The van der Waals surface area contributed by atoms with Crippen molar-refractivity contribution in [3.8, 4) is 0 Å². The van der Waals surface area contributed by atoms with Gasteiger partial charge < -0.3 is 10.5 Å². The second kappa shape index (κ2) is 7.05. The number of alkyl halides is 6. The number of unbranched alkanes of at least 4 members (excludes halogenated alkanes) is 3. The minimum Gasteiger partial charge on any atom is -0.361 e. The molecule has 0 aromatic heterocycles. The van der Waals surface area contributed by atoms with E-state index in [1.165, 1.54) is 0 Å². The molecule has 0 unspecified atom stereocenters. The van der Waals surface area contributed by atoms with E-state index in [-0.39, 0.29) is 6.42 Å². The molecule has 0 saturated carbocycles. The molecule has 0 aromatic rings. The summed E-state index contributed by atoms with van der Waals surface area (Å²) in [6, 6.07) is 0.